The Balaban J connectivity index is 2.29. The van der Waals surface area contributed by atoms with Crippen molar-refractivity contribution in [3.63, 3.8) is 0 Å². The van der Waals surface area contributed by atoms with E-state index in [1.165, 1.54) is 5.69 Å². The Morgan fingerprint density at radius 1 is 1.09 bits per heavy atom. The summed E-state index contributed by atoms with van der Waals surface area (Å²) >= 11 is 0. The minimum absolute atomic E-state index is 0.0590. The average molecular weight is 302 g/mol. The molecule has 2 rings (SSSR count). The maximum Gasteiger partial charge on any atom is 0.112 e. The first-order valence-corrected chi connectivity index (χ1v) is 8.14. The Labute approximate surface area is 132 Å². The van der Waals surface area contributed by atoms with Gasteiger partial charge in [0.25, 0.3) is 0 Å². The van der Waals surface area contributed by atoms with Crippen molar-refractivity contribution in [1.29, 1.82) is 0 Å². The van der Waals surface area contributed by atoms with Crippen LogP contribution in [0, 0.1) is 0 Å². The molecule has 0 aliphatic carbocycles. The first-order chi connectivity index (χ1) is 10.7. The van der Waals surface area contributed by atoms with Gasteiger partial charge in [0, 0.05) is 18.8 Å². The van der Waals surface area contributed by atoms with Crippen LogP contribution in [0.25, 0.3) is 5.69 Å². The molecule has 0 unspecified atom stereocenters. The van der Waals surface area contributed by atoms with Crippen molar-refractivity contribution >= 4 is 5.69 Å². The predicted octanol–water partition coefficient (Wildman–Crippen LogP) is 2.95. The summed E-state index contributed by atoms with van der Waals surface area (Å²) in [4.78, 5) is 2.31. The highest BCUT2D eigenvalue weighted by Gasteiger charge is 2.13. The molecule has 0 saturated heterocycles. The zero-order chi connectivity index (χ0) is 15.9. The summed E-state index contributed by atoms with van der Waals surface area (Å²) in [5, 5.41) is 17.8. The van der Waals surface area contributed by atoms with E-state index in [2.05, 4.69) is 60.2 Å². The van der Waals surface area contributed by atoms with Gasteiger partial charge in [-0.05, 0) is 51.0 Å². The molecule has 5 nitrogen and oxygen atoms in total. The highest BCUT2D eigenvalue weighted by atomic mass is 16.3. The molecule has 1 aromatic carbocycles. The standard InChI is InChI=1S/C17H26N4O/c1-4-7-8-17-16(13-22)18-19-21(17)15-11-9-14(10-12-15)20(5-2)6-3/h9-12,22H,4-8,13H2,1-3H3. The Morgan fingerprint density at radius 2 is 1.77 bits per heavy atom. The van der Waals surface area contributed by atoms with Gasteiger partial charge >= 0.3 is 0 Å². The molecule has 0 bridgehead atoms. The first-order valence-electron chi connectivity index (χ1n) is 8.14. The van der Waals surface area contributed by atoms with E-state index < -0.39 is 0 Å². The Kier molecular flexibility index (Phi) is 5.95. The van der Waals surface area contributed by atoms with E-state index in [1.54, 1.807) is 0 Å². The zero-order valence-corrected chi connectivity index (χ0v) is 13.8. The molecular weight excluding hydrogens is 276 g/mol. The van der Waals surface area contributed by atoms with Crippen molar-refractivity contribution in [3.8, 4) is 5.69 Å². The number of unbranched alkanes of at least 4 members (excludes halogenated alkanes) is 1. The van der Waals surface area contributed by atoms with Crippen LogP contribution in [-0.2, 0) is 13.0 Å². The van der Waals surface area contributed by atoms with Crippen LogP contribution in [0.3, 0.4) is 0 Å². The number of hydrogen-bond acceptors (Lipinski definition) is 4. The Hall–Kier alpha value is -1.88. The molecule has 0 aliphatic rings. The Bertz CT molecular complexity index is 573. The number of hydrogen-bond donors (Lipinski definition) is 1. The van der Waals surface area contributed by atoms with Gasteiger partial charge in [0.05, 0.1) is 18.0 Å². The quantitative estimate of drug-likeness (QED) is 0.814. The van der Waals surface area contributed by atoms with Gasteiger partial charge in [0.15, 0.2) is 0 Å². The molecule has 22 heavy (non-hydrogen) atoms. The SMILES string of the molecule is CCCCc1c(CO)nnn1-c1ccc(N(CC)CC)cc1. The number of aromatic nitrogens is 3. The van der Waals surface area contributed by atoms with E-state index in [0.717, 1.165) is 43.7 Å². The van der Waals surface area contributed by atoms with Gasteiger partial charge < -0.3 is 10.0 Å². The third-order valence-electron chi connectivity index (χ3n) is 3.98. The summed E-state index contributed by atoms with van der Waals surface area (Å²) < 4.78 is 1.85. The molecule has 1 aromatic heterocycles. The average Bonchev–Trinajstić information content (AvgIpc) is 2.97. The van der Waals surface area contributed by atoms with Crippen molar-refractivity contribution < 1.29 is 5.11 Å². The van der Waals surface area contributed by atoms with Crippen LogP contribution in [0.15, 0.2) is 24.3 Å². The maximum atomic E-state index is 9.44. The molecule has 0 radical (unpaired) electrons. The molecule has 0 aliphatic heterocycles. The minimum atomic E-state index is -0.0590. The largest absolute Gasteiger partial charge is 0.390 e. The molecule has 5 heteroatoms. The molecule has 0 spiro atoms. The smallest absolute Gasteiger partial charge is 0.112 e. The van der Waals surface area contributed by atoms with Crippen molar-refractivity contribution in [2.24, 2.45) is 0 Å². The van der Waals surface area contributed by atoms with Gasteiger partial charge in [0.1, 0.15) is 5.69 Å². The van der Waals surface area contributed by atoms with Crippen LogP contribution < -0.4 is 4.90 Å². The van der Waals surface area contributed by atoms with Crippen LogP contribution in [0.4, 0.5) is 5.69 Å². The molecule has 0 saturated carbocycles. The van der Waals surface area contributed by atoms with Gasteiger partial charge in [-0.15, -0.1) is 5.10 Å². The van der Waals surface area contributed by atoms with Crippen LogP contribution in [0.1, 0.15) is 45.0 Å². The molecule has 0 amide bonds. The van der Waals surface area contributed by atoms with Crippen LogP contribution in [-0.4, -0.2) is 33.2 Å². The third-order valence-corrected chi connectivity index (χ3v) is 3.98. The monoisotopic (exact) mass is 302 g/mol. The van der Waals surface area contributed by atoms with Crippen LogP contribution in [0.2, 0.25) is 0 Å². The fraction of sp³-hybridized carbons (Fsp3) is 0.529. The molecular formula is C17H26N4O. The summed E-state index contributed by atoms with van der Waals surface area (Å²) in [6, 6.07) is 8.37. The van der Waals surface area contributed by atoms with Gasteiger partial charge in [0.2, 0.25) is 0 Å². The predicted molar refractivity (Wildman–Crippen MR) is 89.5 cm³/mol. The molecule has 2 aromatic rings. The van der Waals surface area contributed by atoms with E-state index in [-0.39, 0.29) is 6.61 Å². The minimum Gasteiger partial charge on any atom is -0.390 e. The molecule has 120 valence electrons. The van der Waals surface area contributed by atoms with Crippen molar-refractivity contribution in [1.82, 2.24) is 15.0 Å². The highest BCUT2D eigenvalue weighted by molar-refractivity contribution is 5.51. The summed E-state index contributed by atoms with van der Waals surface area (Å²) in [6.45, 7) is 8.41. The van der Waals surface area contributed by atoms with E-state index in [1.807, 2.05) is 4.68 Å². The zero-order valence-electron chi connectivity index (χ0n) is 13.8. The second kappa shape index (κ2) is 7.94. The summed E-state index contributed by atoms with van der Waals surface area (Å²) in [5.41, 5.74) is 3.90. The number of benzene rings is 1. The lowest BCUT2D eigenvalue weighted by Crippen LogP contribution is -2.21. The Morgan fingerprint density at radius 3 is 2.32 bits per heavy atom. The lowest BCUT2D eigenvalue weighted by molar-refractivity contribution is 0.275. The summed E-state index contributed by atoms with van der Waals surface area (Å²) in [6.07, 6.45) is 3.06. The topological polar surface area (TPSA) is 54.2 Å². The van der Waals surface area contributed by atoms with Gasteiger partial charge in [-0.25, -0.2) is 4.68 Å². The van der Waals surface area contributed by atoms with Crippen molar-refractivity contribution in [3.05, 3.63) is 35.7 Å². The summed E-state index contributed by atoms with van der Waals surface area (Å²) in [7, 11) is 0. The fourth-order valence-corrected chi connectivity index (χ4v) is 2.65. The summed E-state index contributed by atoms with van der Waals surface area (Å²) in [5.74, 6) is 0. The van der Waals surface area contributed by atoms with E-state index >= 15 is 0 Å². The maximum absolute atomic E-state index is 9.44. The lowest BCUT2D eigenvalue weighted by Gasteiger charge is -2.21. The van der Waals surface area contributed by atoms with Crippen molar-refractivity contribution in [2.75, 3.05) is 18.0 Å². The van der Waals surface area contributed by atoms with Gasteiger partial charge in [-0.1, -0.05) is 18.6 Å². The normalized spacial score (nSPS) is 10.9. The van der Waals surface area contributed by atoms with Crippen LogP contribution >= 0.6 is 0 Å². The fourth-order valence-electron chi connectivity index (χ4n) is 2.65. The highest BCUT2D eigenvalue weighted by Crippen LogP contribution is 2.20. The number of nitrogens with zero attached hydrogens (tertiary/aromatic N) is 4. The molecule has 1 heterocycles. The number of aliphatic hydroxyl groups excluding tert-OH is 1. The van der Waals surface area contributed by atoms with Gasteiger partial charge in [-0.2, -0.15) is 0 Å². The van der Waals surface area contributed by atoms with Gasteiger partial charge in [-0.3, -0.25) is 0 Å². The second-order valence-corrected chi connectivity index (χ2v) is 5.34. The molecule has 0 atom stereocenters. The number of rotatable bonds is 8. The number of anilines is 1. The van der Waals surface area contributed by atoms with Crippen molar-refractivity contribution in [2.45, 2.75) is 46.6 Å². The van der Waals surface area contributed by atoms with Crippen LogP contribution in [0.5, 0.6) is 0 Å². The first kappa shape index (κ1) is 16.5. The molecule has 0 fully saturated rings. The van der Waals surface area contributed by atoms with E-state index in [4.69, 9.17) is 0 Å². The number of aliphatic hydroxyl groups is 1. The third kappa shape index (κ3) is 3.47. The van der Waals surface area contributed by atoms with E-state index in [0.29, 0.717) is 5.69 Å². The lowest BCUT2D eigenvalue weighted by atomic mass is 10.1. The molecule has 1 N–H and O–H groups in total. The second-order valence-electron chi connectivity index (χ2n) is 5.34. The van der Waals surface area contributed by atoms with E-state index in [9.17, 15) is 5.11 Å².